The number of fused-ring (bicyclic) bond motifs is 1. The number of carbonyl (C=O) groups excluding carboxylic acids is 5. The number of hydrogen-bond donors (Lipinski definition) is 1. The number of hydrogen-bond acceptors (Lipinski definition) is 7. The summed E-state index contributed by atoms with van der Waals surface area (Å²) in [5.74, 6) is -4.58. The van der Waals surface area contributed by atoms with Crippen molar-refractivity contribution in [2.24, 2.45) is 5.92 Å². The fourth-order valence-electron chi connectivity index (χ4n) is 3.62. The molecule has 2 aromatic rings. The van der Waals surface area contributed by atoms with E-state index in [4.69, 9.17) is 55.9 Å². The lowest BCUT2D eigenvalue weighted by molar-refractivity contribution is -0.152. The Morgan fingerprint density at radius 1 is 0.865 bits per heavy atom. The highest BCUT2D eigenvalue weighted by Gasteiger charge is 2.48. The van der Waals surface area contributed by atoms with Crippen molar-refractivity contribution < 1.29 is 33.4 Å². The summed E-state index contributed by atoms with van der Waals surface area (Å²) >= 11 is 24.4. The predicted octanol–water partition coefficient (Wildman–Crippen LogP) is 5.28. The van der Waals surface area contributed by atoms with E-state index in [1.54, 1.807) is 20.8 Å². The Balaban J connectivity index is 1.72. The van der Waals surface area contributed by atoms with Crippen molar-refractivity contribution in [1.29, 1.82) is 0 Å². The summed E-state index contributed by atoms with van der Waals surface area (Å²) in [6.07, 6.45) is 0. The lowest BCUT2D eigenvalue weighted by Gasteiger charge is -2.27. The summed E-state index contributed by atoms with van der Waals surface area (Å²) in [6.45, 7) is 4.38. The Labute approximate surface area is 231 Å². The molecule has 0 aliphatic carbocycles. The van der Waals surface area contributed by atoms with Gasteiger partial charge in [-0.05, 0) is 37.1 Å². The molecule has 1 heterocycles. The number of benzene rings is 2. The van der Waals surface area contributed by atoms with Crippen molar-refractivity contribution in [3.05, 3.63) is 61.0 Å². The maximum Gasteiger partial charge on any atom is 0.338 e. The second-order valence-corrected chi connectivity index (χ2v) is 9.64. The number of rotatable bonds is 8. The van der Waals surface area contributed by atoms with Crippen molar-refractivity contribution in [3.63, 3.8) is 0 Å². The number of carbonyl (C=O) groups is 5. The van der Waals surface area contributed by atoms with Crippen LogP contribution in [-0.4, -0.2) is 53.8 Å². The molecule has 2 aromatic carbocycles. The van der Waals surface area contributed by atoms with E-state index in [1.807, 2.05) is 0 Å². The largest absolute Gasteiger partial charge is 0.462 e. The topological polar surface area (TPSA) is 119 Å². The maximum atomic E-state index is 13.1. The number of amides is 3. The van der Waals surface area contributed by atoms with Gasteiger partial charge in [-0.1, -0.05) is 60.3 Å². The Morgan fingerprint density at radius 3 is 1.84 bits per heavy atom. The van der Waals surface area contributed by atoms with Gasteiger partial charge in [0.25, 0.3) is 17.7 Å². The van der Waals surface area contributed by atoms with Crippen LogP contribution in [0.4, 0.5) is 5.69 Å². The van der Waals surface area contributed by atoms with Crippen molar-refractivity contribution in [2.75, 3.05) is 18.5 Å². The molecule has 1 aliphatic heterocycles. The molecule has 9 nitrogen and oxygen atoms in total. The third-order valence-electron chi connectivity index (χ3n) is 5.31. The maximum absolute atomic E-state index is 13.1. The molecular formula is C24H20Cl4N2O7. The van der Waals surface area contributed by atoms with Gasteiger partial charge in [0.15, 0.2) is 6.61 Å². The van der Waals surface area contributed by atoms with Gasteiger partial charge in [-0.25, -0.2) is 9.59 Å². The molecule has 13 heteroatoms. The number of nitrogens with one attached hydrogen (secondary N) is 1. The third-order valence-corrected chi connectivity index (χ3v) is 7.11. The molecule has 1 aliphatic rings. The molecule has 3 amide bonds. The minimum atomic E-state index is -1.39. The van der Waals surface area contributed by atoms with E-state index < -0.39 is 48.2 Å². The van der Waals surface area contributed by atoms with Gasteiger partial charge in [0.05, 0.1) is 43.4 Å². The van der Waals surface area contributed by atoms with Crippen LogP contribution in [0.1, 0.15) is 51.8 Å². The van der Waals surface area contributed by atoms with Crippen molar-refractivity contribution in [3.8, 4) is 0 Å². The van der Waals surface area contributed by atoms with Crippen LogP contribution in [0.5, 0.6) is 0 Å². The minimum absolute atomic E-state index is 0.203. The smallest absolute Gasteiger partial charge is 0.338 e. The van der Waals surface area contributed by atoms with E-state index in [0.717, 1.165) is 0 Å². The predicted molar refractivity (Wildman–Crippen MR) is 138 cm³/mol. The Morgan fingerprint density at radius 2 is 1.38 bits per heavy atom. The zero-order chi connectivity index (χ0) is 27.6. The first-order valence-electron chi connectivity index (χ1n) is 10.9. The lowest BCUT2D eigenvalue weighted by atomic mass is 10.0. The first-order chi connectivity index (χ1) is 17.4. The molecule has 0 saturated carbocycles. The quantitative estimate of drug-likeness (QED) is 0.192. The molecule has 0 bridgehead atoms. The van der Waals surface area contributed by atoms with E-state index in [9.17, 15) is 24.0 Å². The van der Waals surface area contributed by atoms with E-state index in [1.165, 1.54) is 24.3 Å². The zero-order valence-electron chi connectivity index (χ0n) is 19.7. The lowest BCUT2D eigenvalue weighted by Crippen LogP contribution is -2.49. The van der Waals surface area contributed by atoms with Gasteiger partial charge in [0.2, 0.25) is 0 Å². The number of halogens is 4. The molecule has 0 unspecified atom stereocenters. The van der Waals surface area contributed by atoms with Gasteiger partial charge in [0, 0.05) is 5.69 Å². The molecule has 0 saturated heterocycles. The summed E-state index contributed by atoms with van der Waals surface area (Å²) in [7, 11) is 0. The molecule has 196 valence electrons. The monoisotopic (exact) mass is 588 g/mol. The van der Waals surface area contributed by atoms with Crippen LogP contribution in [0.3, 0.4) is 0 Å². The first kappa shape index (κ1) is 28.7. The van der Waals surface area contributed by atoms with Crippen LogP contribution < -0.4 is 5.32 Å². The normalized spacial score (nSPS) is 13.5. The molecule has 0 aromatic heterocycles. The Kier molecular flexibility index (Phi) is 9.07. The van der Waals surface area contributed by atoms with Crippen molar-refractivity contribution in [2.45, 2.75) is 26.8 Å². The fourth-order valence-corrected chi connectivity index (χ4v) is 4.63. The van der Waals surface area contributed by atoms with Gasteiger partial charge < -0.3 is 14.8 Å². The summed E-state index contributed by atoms with van der Waals surface area (Å²) in [5.41, 5.74) is 0.102. The molecule has 1 atom stereocenters. The van der Waals surface area contributed by atoms with E-state index in [2.05, 4.69) is 5.32 Å². The number of imide groups is 1. The number of anilines is 1. The molecule has 3 rings (SSSR count). The minimum Gasteiger partial charge on any atom is -0.462 e. The second-order valence-electron chi connectivity index (χ2n) is 8.13. The van der Waals surface area contributed by atoms with Gasteiger partial charge in [-0.3, -0.25) is 19.3 Å². The van der Waals surface area contributed by atoms with Crippen LogP contribution >= 0.6 is 46.4 Å². The van der Waals surface area contributed by atoms with Gasteiger partial charge in [-0.2, -0.15) is 0 Å². The first-order valence-corrected chi connectivity index (χ1v) is 12.4. The summed E-state index contributed by atoms with van der Waals surface area (Å²) in [4.78, 5) is 63.9. The number of esters is 2. The zero-order valence-corrected chi connectivity index (χ0v) is 22.7. The Hall–Kier alpha value is -2.85. The fraction of sp³-hybridized carbons (Fsp3) is 0.292. The Bertz CT molecular complexity index is 1250. The molecule has 0 radical (unpaired) electrons. The molecule has 0 fully saturated rings. The van der Waals surface area contributed by atoms with Crippen LogP contribution in [0.2, 0.25) is 20.1 Å². The highest BCUT2D eigenvalue weighted by atomic mass is 35.5. The van der Waals surface area contributed by atoms with Crippen molar-refractivity contribution in [1.82, 2.24) is 4.90 Å². The molecule has 1 N–H and O–H groups in total. The average molecular weight is 590 g/mol. The van der Waals surface area contributed by atoms with Gasteiger partial charge in [0.1, 0.15) is 6.04 Å². The van der Waals surface area contributed by atoms with Gasteiger partial charge >= 0.3 is 11.9 Å². The summed E-state index contributed by atoms with van der Waals surface area (Å²) in [5, 5.41) is 1.57. The van der Waals surface area contributed by atoms with E-state index in [0.29, 0.717) is 16.2 Å². The highest BCUT2D eigenvalue weighted by molar-refractivity contribution is 6.55. The highest BCUT2D eigenvalue weighted by Crippen LogP contribution is 2.45. The number of nitrogens with zero attached hydrogens (tertiary/aromatic N) is 1. The summed E-state index contributed by atoms with van der Waals surface area (Å²) in [6, 6.07) is 4.49. The standard InChI is InChI=1S/C24H20Cl4N2O7/c1-4-36-23(34)11-5-7-12(8-6-11)29-13(31)9-37-24(35)20(10(2)3)30-21(32)14-15(22(30)33)17(26)19(28)18(27)16(14)25/h5-8,10,20H,4,9H2,1-3H3,(H,29,31)/t20-/m0/s1. The van der Waals surface area contributed by atoms with Crippen LogP contribution in [0.15, 0.2) is 24.3 Å². The average Bonchev–Trinajstić information content (AvgIpc) is 3.11. The van der Waals surface area contributed by atoms with Crippen LogP contribution in [-0.2, 0) is 19.1 Å². The molecular weight excluding hydrogens is 570 g/mol. The van der Waals surface area contributed by atoms with E-state index in [-0.39, 0.29) is 37.8 Å². The second kappa shape index (κ2) is 11.7. The van der Waals surface area contributed by atoms with Crippen molar-refractivity contribution >= 4 is 81.8 Å². The SMILES string of the molecule is CCOC(=O)c1ccc(NC(=O)COC(=O)[C@H](C(C)C)N2C(=O)c3c(Cl)c(Cl)c(Cl)c(Cl)c3C2=O)cc1. The van der Waals surface area contributed by atoms with E-state index >= 15 is 0 Å². The van der Waals surface area contributed by atoms with Crippen LogP contribution in [0, 0.1) is 5.92 Å². The van der Waals surface area contributed by atoms with Gasteiger partial charge in [-0.15, -0.1) is 0 Å². The van der Waals surface area contributed by atoms with Crippen LogP contribution in [0.25, 0.3) is 0 Å². The summed E-state index contributed by atoms with van der Waals surface area (Å²) < 4.78 is 10.0. The third kappa shape index (κ3) is 5.70. The number of ether oxygens (including phenoxy) is 2. The molecule has 0 spiro atoms. The molecule has 37 heavy (non-hydrogen) atoms.